The zero-order chi connectivity index (χ0) is 18.7. The summed E-state index contributed by atoms with van der Waals surface area (Å²) in [5.41, 5.74) is 0. The van der Waals surface area contributed by atoms with Crippen molar-refractivity contribution in [3.05, 3.63) is 0 Å². The Bertz CT molecular complexity index is 417. The smallest absolute Gasteiger partial charge is 0.308 e. The van der Waals surface area contributed by atoms with E-state index in [-0.39, 0.29) is 44.3 Å². The van der Waals surface area contributed by atoms with Gasteiger partial charge in [0.1, 0.15) is 13.2 Å². The first-order valence-electron chi connectivity index (χ1n) is 7.88. The Morgan fingerprint density at radius 2 is 1.29 bits per heavy atom. The molecule has 0 saturated carbocycles. The van der Waals surface area contributed by atoms with Crippen LogP contribution in [0.4, 0.5) is 0 Å². The van der Waals surface area contributed by atoms with Crippen LogP contribution in [-0.4, -0.2) is 48.3 Å². The predicted octanol–water partition coefficient (Wildman–Crippen LogP) is 1.55. The van der Waals surface area contributed by atoms with Gasteiger partial charge in [0.05, 0.1) is 11.8 Å². The minimum Gasteiger partial charge on any atom is -0.481 e. The molecule has 0 heterocycles. The molecule has 0 aliphatic heterocycles. The van der Waals surface area contributed by atoms with Crippen LogP contribution in [0.2, 0.25) is 0 Å². The highest BCUT2D eigenvalue weighted by Crippen LogP contribution is 2.06. The number of carbonyl (C=O) groups excluding carboxylic acids is 3. The molecule has 0 radical (unpaired) electrons. The molecule has 0 aromatic rings. The number of hydrogen-bond donors (Lipinski definition) is 1. The van der Waals surface area contributed by atoms with E-state index in [0.29, 0.717) is 0 Å². The summed E-state index contributed by atoms with van der Waals surface area (Å²) in [5, 5.41) is 8.54. The van der Waals surface area contributed by atoms with Crippen molar-refractivity contribution < 1.29 is 38.5 Å². The Kier molecular flexibility index (Phi) is 10.4. The Morgan fingerprint density at radius 3 is 1.67 bits per heavy atom. The van der Waals surface area contributed by atoms with Crippen LogP contribution in [0.5, 0.6) is 0 Å². The molecule has 0 spiro atoms. The lowest BCUT2D eigenvalue weighted by Crippen LogP contribution is -2.32. The summed E-state index contributed by atoms with van der Waals surface area (Å²) >= 11 is 0. The lowest BCUT2D eigenvalue weighted by molar-refractivity contribution is -0.169. The largest absolute Gasteiger partial charge is 0.481 e. The van der Waals surface area contributed by atoms with Gasteiger partial charge >= 0.3 is 23.9 Å². The highest BCUT2D eigenvalue weighted by atomic mass is 16.6. The molecule has 0 saturated heterocycles. The number of aliphatic carboxylic acids is 1. The lowest BCUT2D eigenvalue weighted by Gasteiger charge is -2.19. The van der Waals surface area contributed by atoms with Crippen LogP contribution >= 0.6 is 0 Å². The number of carbonyl (C=O) groups is 4. The molecule has 24 heavy (non-hydrogen) atoms. The van der Waals surface area contributed by atoms with E-state index in [1.54, 1.807) is 27.7 Å². The van der Waals surface area contributed by atoms with Crippen molar-refractivity contribution in [3.8, 4) is 0 Å². The summed E-state index contributed by atoms with van der Waals surface area (Å²) in [5.74, 6) is -3.24. The van der Waals surface area contributed by atoms with Crippen LogP contribution in [-0.2, 0) is 33.4 Å². The van der Waals surface area contributed by atoms with Gasteiger partial charge in [-0.1, -0.05) is 27.7 Å². The normalized spacial score (nSPS) is 10.8. The van der Waals surface area contributed by atoms with E-state index >= 15 is 0 Å². The second-order valence-corrected chi connectivity index (χ2v) is 5.93. The fourth-order valence-electron chi connectivity index (χ4n) is 1.43. The molecule has 0 aliphatic carbocycles. The molecule has 0 aliphatic rings. The van der Waals surface area contributed by atoms with Crippen LogP contribution in [0.3, 0.4) is 0 Å². The first kappa shape index (κ1) is 21.9. The van der Waals surface area contributed by atoms with E-state index in [4.69, 9.17) is 19.3 Å². The molecule has 0 bridgehead atoms. The van der Waals surface area contributed by atoms with E-state index in [2.05, 4.69) is 0 Å². The summed E-state index contributed by atoms with van der Waals surface area (Å²) < 4.78 is 15.1. The standard InChI is InChI=1S/C16H26O8/c1-10(2)15(20)22-8-12(9-23-16(21)11(3)4)24-14(19)7-5-6-13(17)18/h10-12H,5-9H2,1-4H3,(H,17,18). The van der Waals surface area contributed by atoms with Gasteiger partial charge in [-0.05, 0) is 6.42 Å². The van der Waals surface area contributed by atoms with Gasteiger partial charge < -0.3 is 19.3 Å². The molecule has 8 nitrogen and oxygen atoms in total. The summed E-state index contributed by atoms with van der Waals surface area (Å²) in [7, 11) is 0. The zero-order valence-electron chi connectivity index (χ0n) is 14.6. The minimum absolute atomic E-state index is 0.0843. The van der Waals surface area contributed by atoms with Crippen molar-refractivity contribution in [2.45, 2.75) is 53.1 Å². The first-order valence-corrected chi connectivity index (χ1v) is 7.88. The fraction of sp³-hybridized carbons (Fsp3) is 0.750. The van der Waals surface area contributed by atoms with Crippen LogP contribution in [0.25, 0.3) is 0 Å². The summed E-state index contributed by atoms with van der Waals surface area (Å²) in [6.45, 7) is 6.18. The van der Waals surface area contributed by atoms with Gasteiger partial charge in [0, 0.05) is 12.8 Å². The molecule has 0 fully saturated rings. The molecule has 0 aromatic heterocycles. The molecule has 0 unspecified atom stereocenters. The third-order valence-corrected chi connectivity index (χ3v) is 2.84. The second kappa shape index (κ2) is 11.4. The summed E-state index contributed by atoms with van der Waals surface area (Å²) in [4.78, 5) is 45.1. The average molecular weight is 346 g/mol. The molecule has 0 amide bonds. The van der Waals surface area contributed by atoms with Gasteiger partial charge in [0.15, 0.2) is 6.10 Å². The fourth-order valence-corrected chi connectivity index (χ4v) is 1.43. The number of rotatable bonds is 11. The van der Waals surface area contributed by atoms with Crippen LogP contribution < -0.4 is 0 Å². The molecule has 8 heteroatoms. The highest BCUT2D eigenvalue weighted by molar-refractivity contribution is 5.73. The average Bonchev–Trinajstić information content (AvgIpc) is 2.48. The molecule has 0 atom stereocenters. The molecule has 0 rings (SSSR count). The monoisotopic (exact) mass is 346 g/mol. The third kappa shape index (κ3) is 10.6. The summed E-state index contributed by atoms with van der Waals surface area (Å²) in [6, 6.07) is 0. The lowest BCUT2D eigenvalue weighted by atomic mass is 10.2. The number of esters is 3. The van der Waals surface area contributed by atoms with E-state index in [0.717, 1.165) is 0 Å². The Balaban J connectivity index is 4.49. The second-order valence-electron chi connectivity index (χ2n) is 5.93. The molecular weight excluding hydrogens is 320 g/mol. The van der Waals surface area contributed by atoms with E-state index in [1.807, 2.05) is 0 Å². The minimum atomic E-state index is -1.00. The maximum Gasteiger partial charge on any atom is 0.308 e. The van der Waals surface area contributed by atoms with Gasteiger partial charge in [-0.25, -0.2) is 0 Å². The first-order chi connectivity index (χ1) is 11.1. The van der Waals surface area contributed by atoms with E-state index in [1.165, 1.54) is 0 Å². The quantitative estimate of drug-likeness (QED) is 0.442. The van der Waals surface area contributed by atoms with Crippen LogP contribution in [0, 0.1) is 11.8 Å². The zero-order valence-corrected chi connectivity index (χ0v) is 14.6. The van der Waals surface area contributed by atoms with E-state index in [9.17, 15) is 19.2 Å². The Labute approximate surface area is 141 Å². The predicted molar refractivity (Wildman–Crippen MR) is 83.0 cm³/mol. The van der Waals surface area contributed by atoms with Gasteiger partial charge in [0.2, 0.25) is 0 Å². The van der Waals surface area contributed by atoms with Crippen LogP contribution in [0.1, 0.15) is 47.0 Å². The van der Waals surface area contributed by atoms with Crippen molar-refractivity contribution in [3.63, 3.8) is 0 Å². The third-order valence-electron chi connectivity index (χ3n) is 2.84. The maximum atomic E-state index is 11.7. The molecular formula is C16H26O8. The van der Waals surface area contributed by atoms with Gasteiger partial charge in [0.25, 0.3) is 0 Å². The Morgan fingerprint density at radius 1 is 0.833 bits per heavy atom. The topological polar surface area (TPSA) is 116 Å². The molecule has 138 valence electrons. The number of carboxylic acids is 1. The highest BCUT2D eigenvalue weighted by Gasteiger charge is 2.21. The number of carboxylic acid groups (broad SMARTS) is 1. The molecule has 1 N–H and O–H groups in total. The van der Waals surface area contributed by atoms with Crippen LogP contribution in [0.15, 0.2) is 0 Å². The van der Waals surface area contributed by atoms with Gasteiger partial charge in [-0.3, -0.25) is 19.2 Å². The number of ether oxygens (including phenoxy) is 3. The van der Waals surface area contributed by atoms with E-state index < -0.39 is 30.0 Å². The van der Waals surface area contributed by atoms with Crippen molar-refractivity contribution in [2.75, 3.05) is 13.2 Å². The van der Waals surface area contributed by atoms with Gasteiger partial charge in [-0.2, -0.15) is 0 Å². The maximum absolute atomic E-state index is 11.7. The van der Waals surface area contributed by atoms with Gasteiger partial charge in [-0.15, -0.1) is 0 Å². The van der Waals surface area contributed by atoms with Crippen molar-refractivity contribution in [1.29, 1.82) is 0 Å². The molecule has 0 aromatic carbocycles. The SMILES string of the molecule is CC(C)C(=O)OCC(COC(=O)C(C)C)OC(=O)CCCC(=O)O. The Hall–Kier alpha value is -2.12. The summed E-state index contributed by atoms with van der Waals surface area (Å²) in [6.07, 6.45) is -1.02. The van der Waals surface area contributed by atoms with Crippen molar-refractivity contribution >= 4 is 23.9 Å². The number of hydrogen-bond acceptors (Lipinski definition) is 7. The van der Waals surface area contributed by atoms with Crippen molar-refractivity contribution in [2.24, 2.45) is 11.8 Å². The van der Waals surface area contributed by atoms with Crippen molar-refractivity contribution in [1.82, 2.24) is 0 Å².